The summed E-state index contributed by atoms with van der Waals surface area (Å²) >= 11 is 6.01. The number of halogens is 2. The first-order valence-electron chi connectivity index (χ1n) is 6.52. The minimum atomic E-state index is -0.451. The molecule has 2 aromatic heterocycles. The van der Waals surface area contributed by atoms with Gasteiger partial charge < -0.3 is 10.4 Å². The zero-order valence-corrected chi connectivity index (χ0v) is 12.1. The normalized spacial score (nSPS) is 10.6. The summed E-state index contributed by atoms with van der Waals surface area (Å²) in [5.41, 5.74) is 0.736. The molecule has 3 aromatic rings. The summed E-state index contributed by atoms with van der Waals surface area (Å²) in [6.45, 7) is 0.384. The van der Waals surface area contributed by atoms with E-state index in [9.17, 15) is 9.50 Å². The lowest BCUT2D eigenvalue weighted by Crippen LogP contribution is -2.04. The van der Waals surface area contributed by atoms with E-state index in [2.05, 4.69) is 15.4 Å². The van der Waals surface area contributed by atoms with E-state index in [4.69, 9.17) is 11.6 Å². The third-order valence-electron chi connectivity index (χ3n) is 3.06. The summed E-state index contributed by atoms with van der Waals surface area (Å²) in [5.74, 6) is 0.255. The third kappa shape index (κ3) is 2.87. The molecule has 0 aliphatic carbocycles. The first-order valence-corrected chi connectivity index (χ1v) is 6.90. The number of hydrogen-bond donors (Lipinski definition) is 2. The van der Waals surface area contributed by atoms with Crippen LogP contribution in [0.15, 0.2) is 48.8 Å². The van der Waals surface area contributed by atoms with Crippen LogP contribution >= 0.6 is 11.6 Å². The number of anilines is 1. The van der Waals surface area contributed by atoms with Crippen molar-refractivity contribution in [2.45, 2.75) is 6.54 Å². The van der Waals surface area contributed by atoms with Crippen molar-refractivity contribution >= 4 is 17.4 Å². The van der Waals surface area contributed by atoms with Crippen LogP contribution in [0.2, 0.25) is 5.02 Å². The second-order valence-corrected chi connectivity index (χ2v) is 4.94. The van der Waals surface area contributed by atoms with Crippen molar-refractivity contribution in [1.29, 1.82) is 0 Å². The van der Waals surface area contributed by atoms with Crippen LogP contribution in [0.3, 0.4) is 0 Å². The SMILES string of the molecule is Oc1cccc(CNc2ccn(-c3ncccc3F)n2)c1Cl. The second-order valence-electron chi connectivity index (χ2n) is 4.56. The maximum atomic E-state index is 13.6. The zero-order chi connectivity index (χ0) is 15.5. The van der Waals surface area contributed by atoms with Gasteiger partial charge in [-0.15, -0.1) is 5.10 Å². The smallest absolute Gasteiger partial charge is 0.189 e. The Morgan fingerprint density at radius 2 is 2.09 bits per heavy atom. The Hall–Kier alpha value is -2.60. The molecule has 0 aliphatic rings. The second kappa shape index (κ2) is 6.03. The number of benzene rings is 1. The average molecular weight is 319 g/mol. The Bertz CT molecular complexity index is 806. The van der Waals surface area contributed by atoms with Crippen molar-refractivity contribution < 1.29 is 9.50 Å². The van der Waals surface area contributed by atoms with Gasteiger partial charge in [0.2, 0.25) is 0 Å². The highest BCUT2D eigenvalue weighted by Gasteiger charge is 2.08. The Labute approximate surface area is 131 Å². The molecule has 0 aliphatic heterocycles. The summed E-state index contributed by atoms with van der Waals surface area (Å²) in [6.07, 6.45) is 3.11. The zero-order valence-electron chi connectivity index (χ0n) is 11.4. The molecule has 0 unspecified atom stereocenters. The van der Waals surface area contributed by atoms with E-state index in [-0.39, 0.29) is 11.6 Å². The number of nitrogens with zero attached hydrogens (tertiary/aromatic N) is 3. The van der Waals surface area contributed by atoms with E-state index < -0.39 is 5.82 Å². The van der Waals surface area contributed by atoms with Crippen molar-refractivity contribution in [3.05, 3.63) is 65.2 Å². The highest BCUT2D eigenvalue weighted by atomic mass is 35.5. The summed E-state index contributed by atoms with van der Waals surface area (Å²) in [5, 5.41) is 17.1. The molecule has 0 bridgehead atoms. The summed E-state index contributed by atoms with van der Waals surface area (Å²) in [4.78, 5) is 3.95. The fraction of sp³-hybridized carbons (Fsp3) is 0.0667. The quantitative estimate of drug-likeness (QED) is 0.774. The molecule has 0 fully saturated rings. The van der Waals surface area contributed by atoms with Gasteiger partial charge in [-0.1, -0.05) is 23.7 Å². The Kier molecular flexibility index (Phi) is 3.93. The fourth-order valence-electron chi connectivity index (χ4n) is 1.97. The van der Waals surface area contributed by atoms with E-state index in [1.807, 2.05) is 0 Å². The maximum absolute atomic E-state index is 13.6. The highest BCUT2D eigenvalue weighted by Crippen LogP contribution is 2.27. The number of nitrogens with one attached hydrogen (secondary N) is 1. The number of hydrogen-bond acceptors (Lipinski definition) is 4. The predicted octanol–water partition coefficient (Wildman–Crippen LogP) is 3.38. The third-order valence-corrected chi connectivity index (χ3v) is 3.50. The summed E-state index contributed by atoms with van der Waals surface area (Å²) in [7, 11) is 0. The number of aromatic nitrogens is 3. The lowest BCUT2D eigenvalue weighted by Gasteiger charge is -2.07. The van der Waals surface area contributed by atoms with Crippen LogP contribution in [0.25, 0.3) is 5.82 Å². The number of phenolic OH excluding ortho intramolecular Hbond substituents is 1. The molecule has 5 nitrogen and oxygen atoms in total. The molecule has 0 amide bonds. The molecule has 112 valence electrons. The van der Waals surface area contributed by atoms with Crippen LogP contribution in [-0.4, -0.2) is 19.9 Å². The van der Waals surface area contributed by atoms with E-state index in [1.165, 1.54) is 29.1 Å². The Morgan fingerprint density at radius 1 is 1.23 bits per heavy atom. The minimum Gasteiger partial charge on any atom is -0.506 e. The van der Waals surface area contributed by atoms with Gasteiger partial charge in [0.1, 0.15) is 11.6 Å². The molecule has 0 spiro atoms. The first-order chi connectivity index (χ1) is 10.6. The van der Waals surface area contributed by atoms with Crippen molar-refractivity contribution in [1.82, 2.24) is 14.8 Å². The Balaban J connectivity index is 1.75. The average Bonchev–Trinajstić information content (AvgIpc) is 2.98. The van der Waals surface area contributed by atoms with E-state index in [1.54, 1.807) is 24.4 Å². The minimum absolute atomic E-state index is 0.0297. The van der Waals surface area contributed by atoms with Crippen LogP contribution < -0.4 is 5.32 Å². The molecule has 7 heteroatoms. The molecular formula is C15H12ClFN4O. The van der Waals surface area contributed by atoms with Crippen molar-refractivity contribution in [3.63, 3.8) is 0 Å². The highest BCUT2D eigenvalue weighted by molar-refractivity contribution is 6.32. The Morgan fingerprint density at radius 3 is 2.91 bits per heavy atom. The van der Waals surface area contributed by atoms with Gasteiger partial charge in [-0.05, 0) is 23.8 Å². The number of aromatic hydroxyl groups is 1. The molecule has 0 saturated carbocycles. The molecule has 3 rings (SSSR count). The lowest BCUT2D eigenvalue weighted by molar-refractivity contribution is 0.475. The van der Waals surface area contributed by atoms with E-state index >= 15 is 0 Å². The van der Waals surface area contributed by atoms with Crippen molar-refractivity contribution in [2.24, 2.45) is 0 Å². The summed E-state index contributed by atoms with van der Waals surface area (Å²) in [6, 6.07) is 9.56. The van der Waals surface area contributed by atoms with Gasteiger partial charge in [-0.2, -0.15) is 0 Å². The molecular weight excluding hydrogens is 307 g/mol. The van der Waals surface area contributed by atoms with Gasteiger partial charge in [-0.25, -0.2) is 14.1 Å². The van der Waals surface area contributed by atoms with Crippen LogP contribution in [0, 0.1) is 5.82 Å². The topological polar surface area (TPSA) is 63.0 Å². The summed E-state index contributed by atoms with van der Waals surface area (Å²) < 4.78 is 15.0. The monoisotopic (exact) mass is 318 g/mol. The van der Waals surface area contributed by atoms with Gasteiger partial charge in [0, 0.05) is 25.0 Å². The lowest BCUT2D eigenvalue weighted by atomic mass is 10.2. The van der Waals surface area contributed by atoms with E-state index in [0.29, 0.717) is 17.4 Å². The van der Waals surface area contributed by atoms with Gasteiger partial charge in [0.05, 0.1) is 5.02 Å². The van der Waals surface area contributed by atoms with Crippen LogP contribution in [0.5, 0.6) is 5.75 Å². The fourth-order valence-corrected chi connectivity index (χ4v) is 2.16. The largest absolute Gasteiger partial charge is 0.506 e. The van der Waals surface area contributed by atoms with Crippen LogP contribution in [0.1, 0.15) is 5.56 Å². The number of rotatable bonds is 4. The number of phenols is 1. The van der Waals surface area contributed by atoms with Crippen molar-refractivity contribution in [2.75, 3.05) is 5.32 Å². The van der Waals surface area contributed by atoms with Crippen LogP contribution in [0.4, 0.5) is 10.2 Å². The molecule has 1 aromatic carbocycles. The standard InChI is InChI=1S/C15H12ClFN4O/c16-14-10(3-1-5-12(14)22)9-19-13-6-8-21(20-13)15-11(17)4-2-7-18-15/h1-8,22H,9H2,(H,19,20). The molecule has 0 atom stereocenters. The van der Waals surface area contributed by atoms with Gasteiger partial charge in [0.25, 0.3) is 0 Å². The number of pyridine rings is 1. The van der Waals surface area contributed by atoms with Gasteiger partial charge >= 0.3 is 0 Å². The van der Waals surface area contributed by atoms with Gasteiger partial charge in [-0.3, -0.25) is 0 Å². The van der Waals surface area contributed by atoms with Gasteiger partial charge in [0.15, 0.2) is 11.6 Å². The van der Waals surface area contributed by atoms with Crippen molar-refractivity contribution in [3.8, 4) is 11.6 Å². The molecule has 2 N–H and O–H groups in total. The predicted molar refractivity (Wildman–Crippen MR) is 81.8 cm³/mol. The molecule has 0 saturated heterocycles. The maximum Gasteiger partial charge on any atom is 0.189 e. The molecule has 0 radical (unpaired) electrons. The molecule has 2 heterocycles. The van der Waals surface area contributed by atoms with Crippen LogP contribution in [-0.2, 0) is 6.54 Å². The first kappa shape index (κ1) is 14.3. The van der Waals surface area contributed by atoms with E-state index in [0.717, 1.165) is 5.56 Å². The molecule has 22 heavy (non-hydrogen) atoms.